The SMILES string of the molecule is Cc1cc2c(cc1C(F)(F)F)N(CC1CCC(CC(=O)O)CC1)CCC[C@@H]2N(Cc1cc(Cl)cc(C(F)(F)F)c1)c1nnn(C)n1. The molecule has 0 bridgehead atoms. The van der Waals surface area contributed by atoms with Crippen LogP contribution >= 0.6 is 11.6 Å². The standard InChI is InChI=1S/C31H35ClF6N6O2/c1-18-10-24-26(44(29-39-41-42(2)40-29)17-21-11-22(30(33,34)35)14-23(32)12-21)4-3-9-43(27(24)15-25(18)31(36,37)38)16-20-7-5-19(6-8-20)13-28(45)46/h10-12,14-15,19-20,26H,3-9,13,16-17H2,1-2H3,(H,45,46)/t19?,20?,26-/m0/s1. The van der Waals surface area contributed by atoms with Crippen molar-refractivity contribution in [2.75, 3.05) is 22.9 Å². The number of aryl methyl sites for hydroxylation is 2. The summed E-state index contributed by atoms with van der Waals surface area (Å²) in [5, 5.41) is 21.5. The lowest BCUT2D eigenvalue weighted by atomic mass is 9.80. The average molecular weight is 673 g/mol. The zero-order valence-corrected chi connectivity index (χ0v) is 26.1. The van der Waals surface area contributed by atoms with Gasteiger partial charge >= 0.3 is 18.3 Å². The fourth-order valence-corrected chi connectivity index (χ4v) is 7.08. The second kappa shape index (κ2) is 13.3. The van der Waals surface area contributed by atoms with Crippen LogP contribution in [0.4, 0.5) is 38.0 Å². The Morgan fingerprint density at radius 2 is 1.70 bits per heavy atom. The van der Waals surface area contributed by atoms with Crippen LogP contribution < -0.4 is 9.80 Å². The smallest absolute Gasteiger partial charge is 0.416 e. The molecule has 1 aromatic heterocycles. The molecule has 3 aromatic rings. The normalized spacial score (nSPS) is 20.7. The first-order valence-corrected chi connectivity index (χ1v) is 15.5. The number of fused-ring (bicyclic) bond motifs is 1. The third-order valence-corrected chi connectivity index (χ3v) is 9.18. The predicted octanol–water partition coefficient (Wildman–Crippen LogP) is 7.84. The largest absolute Gasteiger partial charge is 0.481 e. The van der Waals surface area contributed by atoms with Crippen LogP contribution in [0.2, 0.25) is 5.02 Å². The Morgan fingerprint density at radius 3 is 2.30 bits per heavy atom. The molecule has 46 heavy (non-hydrogen) atoms. The zero-order valence-electron chi connectivity index (χ0n) is 25.4. The Balaban J connectivity index is 1.55. The van der Waals surface area contributed by atoms with Gasteiger partial charge in [-0.1, -0.05) is 22.8 Å². The van der Waals surface area contributed by atoms with Crippen molar-refractivity contribution in [3.63, 3.8) is 0 Å². The van der Waals surface area contributed by atoms with Gasteiger partial charge in [-0.2, -0.15) is 31.1 Å². The molecule has 0 spiro atoms. The highest BCUT2D eigenvalue weighted by Gasteiger charge is 2.38. The molecule has 1 aliphatic heterocycles. The Hall–Kier alpha value is -3.55. The molecule has 8 nitrogen and oxygen atoms in total. The van der Waals surface area contributed by atoms with Gasteiger partial charge in [-0.3, -0.25) is 4.79 Å². The van der Waals surface area contributed by atoms with E-state index >= 15 is 0 Å². The summed E-state index contributed by atoms with van der Waals surface area (Å²) >= 11 is 6.10. The molecule has 0 saturated heterocycles. The van der Waals surface area contributed by atoms with Gasteiger partial charge in [0.15, 0.2) is 0 Å². The van der Waals surface area contributed by atoms with E-state index in [1.54, 1.807) is 11.9 Å². The maximum absolute atomic E-state index is 14.2. The van der Waals surface area contributed by atoms with E-state index in [1.807, 2.05) is 4.90 Å². The van der Waals surface area contributed by atoms with Crippen molar-refractivity contribution in [2.24, 2.45) is 18.9 Å². The first-order valence-electron chi connectivity index (χ1n) is 15.1. The van der Waals surface area contributed by atoms with E-state index in [2.05, 4.69) is 15.4 Å². The van der Waals surface area contributed by atoms with Crippen molar-refractivity contribution in [1.82, 2.24) is 20.2 Å². The Labute approximate surface area is 267 Å². The molecular formula is C31H35ClF6N6O2. The first kappa shape index (κ1) is 33.8. The maximum Gasteiger partial charge on any atom is 0.416 e. The molecule has 0 radical (unpaired) electrons. The molecule has 1 aliphatic carbocycles. The minimum Gasteiger partial charge on any atom is -0.481 e. The number of anilines is 2. The molecule has 0 unspecified atom stereocenters. The summed E-state index contributed by atoms with van der Waals surface area (Å²) in [6, 6.07) is 5.37. The number of aliphatic carboxylic acids is 1. The van der Waals surface area contributed by atoms with Crippen LogP contribution in [0.3, 0.4) is 0 Å². The Kier molecular flexibility index (Phi) is 9.76. The fraction of sp³-hybridized carbons (Fsp3) is 0.548. The summed E-state index contributed by atoms with van der Waals surface area (Å²) in [4.78, 5) is 16.1. The molecule has 0 amide bonds. The van der Waals surface area contributed by atoms with Gasteiger partial charge in [0, 0.05) is 36.8 Å². The summed E-state index contributed by atoms with van der Waals surface area (Å²) in [5.41, 5.74) is -0.413. The fourth-order valence-electron chi connectivity index (χ4n) is 6.82. The van der Waals surface area contributed by atoms with E-state index < -0.39 is 35.5 Å². The van der Waals surface area contributed by atoms with Gasteiger partial charge in [-0.05, 0) is 103 Å². The third kappa shape index (κ3) is 7.87. The van der Waals surface area contributed by atoms with Gasteiger partial charge in [-0.15, -0.1) is 5.10 Å². The van der Waals surface area contributed by atoms with Gasteiger partial charge in [0.1, 0.15) is 0 Å². The van der Waals surface area contributed by atoms with E-state index in [4.69, 9.17) is 11.6 Å². The highest BCUT2D eigenvalue weighted by Crippen LogP contribution is 2.44. The van der Waals surface area contributed by atoms with E-state index in [9.17, 15) is 36.2 Å². The van der Waals surface area contributed by atoms with Crippen LogP contribution in [-0.2, 0) is 30.7 Å². The number of tetrazole rings is 1. The van der Waals surface area contributed by atoms with Crippen LogP contribution in [-0.4, -0.2) is 44.4 Å². The predicted molar refractivity (Wildman–Crippen MR) is 160 cm³/mol. The molecule has 5 rings (SSSR count). The molecule has 1 atom stereocenters. The van der Waals surface area contributed by atoms with Crippen LogP contribution in [0.5, 0.6) is 0 Å². The minimum absolute atomic E-state index is 0.0291. The number of alkyl halides is 6. The van der Waals surface area contributed by atoms with E-state index in [0.717, 1.165) is 37.8 Å². The van der Waals surface area contributed by atoms with Gasteiger partial charge in [0.2, 0.25) is 0 Å². The number of aromatic nitrogens is 4. The number of nitrogens with zero attached hydrogens (tertiary/aromatic N) is 6. The Morgan fingerprint density at radius 1 is 1.00 bits per heavy atom. The molecule has 2 aliphatic rings. The third-order valence-electron chi connectivity index (χ3n) is 8.96. The van der Waals surface area contributed by atoms with Crippen molar-refractivity contribution in [2.45, 2.75) is 76.8 Å². The number of halogens is 7. The van der Waals surface area contributed by atoms with Gasteiger partial charge in [0.05, 0.1) is 24.2 Å². The number of rotatable bonds is 8. The molecule has 2 heterocycles. The van der Waals surface area contributed by atoms with Crippen molar-refractivity contribution >= 4 is 29.2 Å². The Bertz CT molecular complexity index is 1550. The maximum atomic E-state index is 14.2. The second-order valence-corrected chi connectivity index (χ2v) is 12.8. The molecule has 1 N–H and O–H groups in total. The highest BCUT2D eigenvalue weighted by molar-refractivity contribution is 6.30. The van der Waals surface area contributed by atoms with Crippen molar-refractivity contribution in [1.29, 1.82) is 0 Å². The monoisotopic (exact) mass is 672 g/mol. The van der Waals surface area contributed by atoms with Crippen LogP contribution in [0, 0.1) is 18.8 Å². The molecule has 1 saturated carbocycles. The molecule has 1 fully saturated rings. The van der Waals surface area contributed by atoms with Crippen molar-refractivity contribution in [3.8, 4) is 0 Å². The first-order chi connectivity index (χ1) is 21.6. The minimum atomic E-state index is -4.64. The highest BCUT2D eigenvalue weighted by atomic mass is 35.5. The van der Waals surface area contributed by atoms with Crippen LogP contribution in [0.1, 0.15) is 78.8 Å². The van der Waals surface area contributed by atoms with E-state index in [0.29, 0.717) is 37.2 Å². The number of hydrogen-bond donors (Lipinski definition) is 1. The van der Waals surface area contributed by atoms with Crippen molar-refractivity contribution in [3.05, 3.63) is 63.2 Å². The number of carboxylic acid groups (broad SMARTS) is 1. The quantitative estimate of drug-likeness (QED) is 0.244. The van der Waals surface area contributed by atoms with Crippen LogP contribution in [0.15, 0.2) is 30.3 Å². The zero-order chi connectivity index (χ0) is 33.4. The molecule has 250 valence electrons. The van der Waals surface area contributed by atoms with Crippen LogP contribution in [0.25, 0.3) is 0 Å². The van der Waals surface area contributed by atoms with E-state index in [-0.39, 0.29) is 46.9 Å². The lowest BCUT2D eigenvalue weighted by Crippen LogP contribution is -2.33. The number of benzene rings is 2. The van der Waals surface area contributed by atoms with Gasteiger partial charge in [0.25, 0.3) is 5.95 Å². The molecule has 15 heteroatoms. The molecule has 2 aromatic carbocycles. The summed E-state index contributed by atoms with van der Waals surface area (Å²) in [5.74, 6) is -0.447. The molecular weight excluding hydrogens is 638 g/mol. The lowest BCUT2D eigenvalue weighted by Gasteiger charge is -2.35. The average Bonchev–Trinajstić information content (AvgIpc) is 3.31. The number of carbonyl (C=O) groups is 1. The topological polar surface area (TPSA) is 87.4 Å². The van der Waals surface area contributed by atoms with Gasteiger partial charge < -0.3 is 14.9 Å². The lowest BCUT2D eigenvalue weighted by molar-refractivity contribution is -0.139. The van der Waals surface area contributed by atoms with Crippen molar-refractivity contribution < 1.29 is 36.2 Å². The second-order valence-electron chi connectivity index (χ2n) is 12.4. The number of hydrogen-bond acceptors (Lipinski definition) is 6. The van der Waals surface area contributed by atoms with Gasteiger partial charge in [-0.25, -0.2) is 0 Å². The number of carboxylic acids is 1. The summed E-state index contributed by atoms with van der Waals surface area (Å²) in [6.45, 7) is 2.27. The summed E-state index contributed by atoms with van der Waals surface area (Å²) < 4.78 is 83.7. The summed E-state index contributed by atoms with van der Waals surface area (Å²) in [7, 11) is 1.55. The van der Waals surface area contributed by atoms with E-state index in [1.165, 1.54) is 29.9 Å². The summed E-state index contributed by atoms with van der Waals surface area (Å²) in [6.07, 6.45) is -5.04.